The normalized spacial score (nSPS) is 22.7. The van der Waals surface area contributed by atoms with Gasteiger partial charge in [-0.15, -0.1) is 0 Å². The monoisotopic (exact) mass is 243 g/mol. The molecule has 0 spiro atoms. The molecule has 2 aliphatic rings. The van der Waals surface area contributed by atoms with Crippen LogP contribution in [-0.2, 0) is 5.41 Å². The first-order valence-electron chi connectivity index (χ1n) is 6.36. The van der Waals surface area contributed by atoms with Crippen LogP contribution in [-0.4, -0.2) is 13.2 Å². The highest BCUT2D eigenvalue weighted by atomic mass is 16.6. The molecule has 94 valence electrons. The molecule has 0 saturated heterocycles. The van der Waals surface area contributed by atoms with Crippen molar-refractivity contribution in [3.8, 4) is 17.6 Å². The molecule has 3 heteroatoms. The third-order valence-electron chi connectivity index (χ3n) is 3.87. The van der Waals surface area contributed by atoms with Crippen molar-refractivity contribution in [3.63, 3.8) is 0 Å². The van der Waals surface area contributed by atoms with Gasteiger partial charge in [0.25, 0.3) is 0 Å². The minimum absolute atomic E-state index is 0.267. The Morgan fingerprint density at radius 3 is 2.39 bits per heavy atom. The molecule has 0 amide bonds. The Labute approximate surface area is 107 Å². The zero-order valence-corrected chi connectivity index (χ0v) is 10.8. The molecule has 0 N–H and O–H groups in total. The molecule has 1 fully saturated rings. The summed E-state index contributed by atoms with van der Waals surface area (Å²) in [6, 6.07) is 8.41. The van der Waals surface area contributed by atoms with Crippen LogP contribution in [0.2, 0.25) is 0 Å². The van der Waals surface area contributed by atoms with Crippen LogP contribution in [0.15, 0.2) is 18.2 Å². The average molecular weight is 243 g/mol. The van der Waals surface area contributed by atoms with Gasteiger partial charge in [0.1, 0.15) is 13.2 Å². The molecule has 3 nitrogen and oxygen atoms in total. The van der Waals surface area contributed by atoms with Crippen molar-refractivity contribution in [2.75, 3.05) is 13.2 Å². The summed E-state index contributed by atoms with van der Waals surface area (Å²) in [5, 5.41) is 9.50. The van der Waals surface area contributed by atoms with E-state index in [1.165, 1.54) is 0 Å². The third-order valence-corrected chi connectivity index (χ3v) is 3.87. The van der Waals surface area contributed by atoms with Crippen LogP contribution in [0.1, 0.15) is 32.3 Å². The zero-order chi connectivity index (χ0) is 12.8. The lowest BCUT2D eigenvalue weighted by atomic mass is 9.52. The molecule has 0 radical (unpaired) electrons. The standard InChI is InChI=1S/C15H17NO2/c1-14(2)8-15(9-14,10-16)11-3-4-12-13(7-11)18-6-5-17-12/h3-4,7H,5-6,8-9H2,1-2H3. The van der Waals surface area contributed by atoms with Crippen LogP contribution in [0, 0.1) is 16.7 Å². The number of nitriles is 1. The number of ether oxygens (including phenoxy) is 2. The highest BCUT2D eigenvalue weighted by molar-refractivity contribution is 5.49. The molecule has 0 aromatic heterocycles. The highest BCUT2D eigenvalue weighted by Crippen LogP contribution is 2.55. The second-order valence-electron chi connectivity index (χ2n) is 6.07. The Kier molecular flexibility index (Phi) is 2.31. The number of hydrogen-bond donors (Lipinski definition) is 0. The second-order valence-corrected chi connectivity index (χ2v) is 6.07. The molecule has 0 atom stereocenters. The van der Waals surface area contributed by atoms with Crippen LogP contribution in [0.4, 0.5) is 0 Å². The summed E-state index contributed by atoms with van der Waals surface area (Å²) < 4.78 is 11.1. The first-order valence-corrected chi connectivity index (χ1v) is 6.36. The fourth-order valence-corrected chi connectivity index (χ4v) is 3.27. The van der Waals surface area contributed by atoms with E-state index in [1.54, 1.807) is 0 Å². The summed E-state index contributed by atoms with van der Waals surface area (Å²) in [6.07, 6.45) is 1.83. The lowest BCUT2D eigenvalue weighted by Gasteiger charge is -2.49. The maximum atomic E-state index is 9.50. The number of nitrogens with zero attached hydrogens (tertiary/aromatic N) is 1. The molecule has 1 heterocycles. The van der Waals surface area contributed by atoms with Crippen molar-refractivity contribution < 1.29 is 9.47 Å². The molecule has 18 heavy (non-hydrogen) atoms. The SMILES string of the molecule is CC1(C)CC(C#N)(c2ccc3c(c2)OCCO3)C1. The minimum Gasteiger partial charge on any atom is -0.486 e. The largest absolute Gasteiger partial charge is 0.486 e. The minimum atomic E-state index is -0.334. The average Bonchev–Trinajstić information content (AvgIpc) is 2.34. The second kappa shape index (κ2) is 3.65. The Morgan fingerprint density at radius 2 is 1.78 bits per heavy atom. The molecule has 1 aromatic rings. The fraction of sp³-hybridized carbons (Fsp3) is 0.533. The van der Waals surface area contributed by atoms with E-state index in [-0.39, 0.29) is 10.8 Å². The quantitative estimate of drug-likeness (QED) is 0.761. The molecule has 1 aliphatic heterocycles. The Balaban J connectivity index is 1.95. The van der Waals surface area contributed by atoms with Gasteiger partial charge in [-0.05, 0) is 36.0 Å². The van der Waals surface area contributed by atoms with Crippen molar-refractivity contribution in [3.05, 3.63) is 23.8 Å². The van der Waals surface area contributed by atoms with Crippen LogP contribution >= 0.6 is 0 Å². The van der Waals surface area contributed by atoms with Gasteiger partial charge in [0.15, 0.2) is 11.5 Å². The third kappa shape index (κ3) is 1.64. The molecule has 0 bridgehead atoms. The smallest absolute Gasteiger partial charge is 0.161 e. The molecular weight excluding hydrogens is 226 g/mol. The van der Waals surface area contributed by atoms with Gasteiger partial charge in [-0.2, -0.15) is 5.26 Å². The fourth-order valence-electron chi connectivity index (χ4n) is 3.27. The first kappa shape index (κ1) is 11.4. The zero-order valence-electron chi connectivity index (χ0n) is 10.8. The summed E-state index contributed by atoms with van der Waals surface area (Å²) in [4.78, 5) is 0. The van der Waals surface area contributed by atoms with E-state index in [4.69, 9.17) is 9.47 Å². The van der Waals surface area contributed by atoms with Crippen LogP contribution in [0.5, 0.6) is 11.5 Å². The van der Waals surface area contributed by atoms with E-state index in [1.807, 2.05) is 18.2 Å². The molecule has 1 aliphatic carbocycles. The summed E-state index contributed by atoms with van der Waals surface area (Å²) in [6.45, 7) is 5.60. The predicted molar refractivity (Wildman–Crippen MR) is 67.7 cm³/mol. The van der Waals surface area contributed by atoms with Crippen LogP contribution in [0.3, 0.4) is 0 Å². The summed E-state index contributed by atoms with van der Waals surface area (Å²) in [5.41, 5.74) is 0.996. The summed E-state index contributed by atoms with van der Waals surface area (Å²) in [7, 11) is 0. The number of benzene rings is 1. The Morgan fingerprint density at radius 1 is 1.11 bits per heavy atom. The van der Waals surface area contributed by atoms with Gasteiger partial charge in [0.05, 0.1) is 11.5 Å². The van der Waals surface area contributed by atoms with E-state index in [0.29, 0.717) is 13.2 Å². The van der Waals surface area contributed by atoms with Gasteiger partial charge in [-0.3, -0.25) is 0 Å². The lowest BCUT2D eigenvalue weighted by molar-refractivity contribution is 0.0990. The summed E-state index contributed by atoms with van der Waals surface area (Å²) >= 11 is 0. The lowest BCUT2D eigenvalue weighted by Crippen LogP contribution is -2.45. The van der Waals surface area contributed by atoms with Crippen LogP contribution < -0.4 is 9.47 Å². The van der Waals surface area contributed by atoms with Gasteiger partial charge in [0, 0.05) is 0 Å². The topological polar surface area (TPSA) is 42.2 Å². The van der Waals surface area contributed by atoms with E-state index >= 15 is 0 Å². The van der Waals surface area contributed by atoms with Crippen molar-refractivity contribution in [2.24, 2.45) is 5.41 Å². The molecule has 1 aromatic carbocycles. The van der Waals surface area contributed by atoms with E-state index < -0.39 is 0 Å². The van der Waals surface area contributed by atoms with Gasteiger partial charge < -0.3 is 9.47 Å². The Bertz CT molecular complexity index is 520. The maximum absolute atomic E-state index is 9.50. The summed E-state index contributed by atoms with van der Waals surface area (Å²) in [5.74, 6) is 1.56. The molecule has 1 saturated carbocycles. The van der Waals surface area contributed by atoms with Crippen molar-refractivity contribution in [1.29, 1.82) is 5.26 Å². The van der Waals surface area contributed by atoms with Crippen molar-refractivity contribution >= 4 is 0 Å². The van der Waals surface area contributed by atoms with E-state index in [0.717, 1.165) is 29.9 Å². The maximum Gasteiger partial charge on any atom is 0.161 e. The van der Waals surface area contributed by atoms with Gasteiger partial charge in [-0.1, -0.05) is 19.9 Å². The molecule has 0 unspecified atom stereocenters. The number of hydrogen-bond acceptors (Lipinski definition) is 3. The van der Waals surface area contributed by atoms with Crippen LogP contribution in [0.25, 0.3) is 0 Å². The van der Waals surface area contributed by atoms with Gasteiger partial charge in [0.2, 0.25) is 0 Å². The first-order chi connectivity index (χ1) is 8.55. The Hall–Kier alpha value is -1.69. The van der Waals surface area contributed by atoms with Gasteiger partial charge >= 0.3 is 0 Å². The molecule has 3 rings (SSSR count). The van der Waals surface area contributed by atoms with Crippen molar-refractivity contribution in [1.82, 2.24) is 0 Å². The van der Waals surface area contributed by atoms with Gasteiger partial charge in [-0.25, -0.2) is 0 Å². The predicted octanol–water partition coefficient (Wildman–Crippen LogP) is 3.04. The molecular formula is C15H17NO2. The van der Waals surface area contributed by atoms with E-state index in [9.17, 15) is 5.26 Å². The highest BCUT2D eigenvalue weighted by Gasteiger charge is 2.51. The van der Waals surface area contributed by atoms with Crippen molar-refractivity contribution in [2.45, 2.75) is 32.1 Å². The number of fused-ring (bicyclic) bond motifs is 1. The number of rotatable bonds is 1. The van der Waals surface area contributed by atoms with E-state index in [2.05, 4.69) is 19.9 Å².